The first-order chi connectivity index (χ1) is 7.90. The van der Waals surface area contributed by atoms with Crippen molar-refractivity contribution in [1.29, 1.82) is 0 Å². The largest absolute Gasteiger partial charge is 0.444 e. The average Bonchev–Trinajstić information content (AvgIpc) is 2.64. The Morgan fingerprint density at radius 2 is 1.94 bits per heavy atom. The summed E-state index contributed by atoms with van der Waals surface area (Å²) in [6.07, 6.45) is 1.46. The van der Waals surface area contributed by atoms with Gasteiger partial charge >= 0.3 is 6.09 Å². The van der Waals surface area contributed by atoms with Crippen LogP contribution in [0, 0.1) is 0 Å². The minimum Gasteiger partial charge on any atom is -0.444 e. The van der Waals surface area contributed by atoms with Crippen molar-refractivity contribution in [2.75, 3.05) is 26.3 Å². The van der Waals surface area contributed by atoms with E-state index in [1.54, 1.807) is 4.90 Å². The van der Waals surface area contributed by atoms with E-state index in [1.807, 2.05) is 20.8 Å². The Labute approximate surface area is 102 Å². The molecule has 5 heteroatoms. The van der Waals surface area contributed by atoms with Crippen LogP contribution in [0.3, 0.4) is 0 Å². The van der Waals surface area contributed by atoms with E-state index < -0.39 is 11.4 Å². The highest BCUT2D eigenvalue weighted by molar-refractivity contribution is 5.68. The molecule has 1 spiro atoms. The number of amides is 1. The van der Waals surface area contributed by atoms with Gasteiger partial charge in [-0.3, -0.25) is 0 Å². The van der Waals surface area contributed by atoms with Crippen LogP contribution in [0.1, 0.15) is 33.6 Å². The molecule has 98 valence electrons. The maximum absolute atomic E-state index is 11.9. The molecule has 0 saturated carbocycles. The van der Waals surface area contributed by atoms with Crippen LogP contribution < -0.4 is 0 Å². The third-order valence-corrected chi connectivity index (χ3v) is 2.88. The van der Waals surface area contributed by atoms with Crippen molar-refractivity contribution in [2.45, 2.75) is 45.0 Å². The minimum absolute atomic E-state index is 0.282. The van der Waals surface area contributed by atoms with E-state index in [0.29, 0.717) is 26.3 Å². The lowest BCUT2D eigenvalue weighted by atomic mass is 10.1. The van der Waals surface area contributed by atoms with Gasteiger partial charge in [0.15, 0.2) is 5.79 Å². The van der Waals surface area contributed by atoms with Crippen molar-refractivity contribution in [1.82, 2.24) is 4.90 Å². The number of hydrogen-bond donors (Lipinski definition) is 0. The van der Waals surface area contributed by atoms with E-state index in [4.69, 9.17) is 14.2 Å². The predicted molar refractivity (Wildman–Crippen MR) is 61.7 cm³/mol. The van der Waals surface area contributed by atoms with Crippen LogP contribution in [0.4, 0.5) is 4.79 Å². The van der Waals surface area contributed by atoms with Crippen LogP contribution >= 0.6 is 0 Å². The fraction of sp³-hybridized carbons (Fsp3) is 0.917. The predicted octanol–water partition coefficient (Wildman–Crippen LogP) is 1.76. The SMILES string of the molecule is CC(C)(C)OC(=O)N1CCCC2(C1)OCCO2. The first kappa shape index (κ1) is 12.6. The van der Waals surface area contributed by atoms with Crippen molar-refractivity contribution in [2.24, 2.45) is 0 Å². The fourth-order valence-corrected chi connectivity index (χ4v) is 2.20. The number of nitrogens with zero attached hydrogens (tertiary/aromatic N) is 1. The molecule has 0 bridgehead atoms. The van der Waals surface area contributed by atoms with Gasteiger partial charge in [0, 0.05) is 13.0 Å². The first-order valence-electron chi connectivity index (χ1n) is 6.16. The average molecular weight is 243 g/mol. The molecule has 2 aliphatic rings. The highest BCUT2D eigenvalue weighted by Crippen LogP contribution is 2.30. The summed E-state index contributed by atoms with van der Waals surface area (Å²) >= 11 is 0. The molecule has 0 N–H and O–H groups in total. The lowest BCUT2D eigenvalue weighted by Gasteiger charge is -2.38. The third kappa shape index (κ3) is 3.10. The van der Waals surface area contributed by atoms with Gasteiger partial charge in [-0.25, -0.2) is 4.79 Å². The summed E-state index contributed by atoms with van der Waals surface area (Å²) in [7, 11) is 0. The lowest BCUT2D eigenvalue weighted by Crippen LogP contribution is -2.52. The van der Waals surface area contributed by atoms with Crippen LogP contribution in [0.5, 0.6) is 0 Å². The van der Waals surface area contributed by atoms with Gasteiger partial charge in [-0.15, -0.1) is 0 Å². The molecule has 5 nitrogen and oxygen atoms in total. The monoisotopic (exact) mass is 243 g/mol. The van der Waals surface area contributed by atoms with E-state index in [1.165, 1.54) is 0 Å². The van der Waals surface area contributed by atoms with E-state index in [0.717, 1.165) is 12.8 Å². The molecule has 1 amide bonds. The highest BCUT2D eigenvalue weighted by atomic mass is 16.7. The van der Waals surface area contributed by atoms with Gasteiger partial charge in [-0.1, -0.05) is 0 Å². The number of carbonyl (C=O) groups is 1. The number of ether oxygens (including phenoxy) is 3. The Kier molecular flexibility index (Phi) is 3.32. The second-order valence-electron chi connectivity index (χ2n) is 5.61. The van der Waals surface area contributed by atoms with E-state index in [2.05, 4.69) is 0 Å². The first-order valence-corrected chi connectivity index (χ1v) is 6.16. The Bertz CT molecular complexity index is 291. The van der Waals surface area contributed by atoms with Gasteiger partial charge in [0.25, 0.3) is 0 Å². The van der Waals surface area contributed by atoms with Crippen LogP contribution in [0.15, 0.2) is 0 Å². The molecule has 2 fully saturated rings. The molecule has 0 aliphatic carbocycles. The maximum Gasteiger partial charge on any atom is 0.410 e. The summed E-state index contributed by atoms with van der Waals surface area (Å²) in [5, 5.41) is 0. The Balaban J connectivity index is 1.95. The number of carbonyl (C=O) groups excluding carboxylic acids is 1. The Morgan fingerprint density at radius 1 is 1.29 bits per heavy atom. The van der Waals surface area contributed by atoms with Gasteiger partial charge in [0.05, 0.1) is 19.8 Å². The summed E-state index contributed by atoms with van der Waals surface area (Å²) in [6, 6.07) is 0. The molecular weight excluding hydrogens is 222 g/mol. The second kappa shape index (κ2) is 4.46. The quantitative estimate of drug-likeness (QED) is 0.650. The van der Waals surface area contributed by atoms with Crippen molar-refractivity contribution in [3.05, 3.63) is 0 Å². The summed E-state index contributed by atoms with van der Waals surface area (Å²) in [5.74, 6) is -0.574. The molecule has 2 aliphatic heterocycles. The molecule has 2 heterocycles. The van der Waals surface area contributed by atoms with E-state index in [-0.39, 0.29) is 6.09 Å². The molecular formula is C12H21NO4. The number of likely N-dealkylation sites (tertiary alicyclic amines) is 1. The van der Waals surface area contributed by atoms with Crippen molar-refractivity contribution in [3.8, 4) is 0 Å². The minimum atomic E-state index is -0.574. The standard InChI is InChI=1S/C12H21NO4/c1-11(2,3)17-10(14)13-6-4-5-12(9-13)15-7-8-16-12/h4-9H2,1-3H3. The van der Waals surface area contributed by atoms with Gasteiger partial charge in [0.2, 0.25) is 0 Å². The molecule has 0 atom stereocenters. The van der Waals surface area contributed by atoms with Crippen molar-refractivity contribution >= 4 is 6.09 Å². The summed E-state index contributed by atoms with van der Waals surface area (Å²) in [5.41, 5.74) is -0.459. The van der Waals surface area contributed by atoms with Gasteiger partial charge in [0.1, 0.15) is 5.60 Å². The third-order valence-electron chi connectivity index (χ3n) is 2.88. The topological polar surface area (TPSA) is 48.0 Å². The Hall–Kier alpha value is -0.810. The van der Waals surface area contributed by atoms with Crippen LogP contribution in [-0.2, 0) is 14.2 Å². The molecule has 0 unspecified atom stereocenters. The number of rotatable bonds is 0. The summed E-state index contributed by atoms with van der Waals surface area (Å²) < 4.78 is 16.6. The van der Waals surface area contributed by atoms with Gasteiger partial charge in [-0.2, -0.15) is 0 Å². The zero-order valence-corrected chi connectivity index (χ0v) is 10.8. The smallest absolute Gasteiger partial charge is 0.410 e. The van der Waals surface area contributed by atoms with Crippen LogP contribution in [0.2, 0.25) is 0 Å². The molecule has 2 rings (SSSR count). The second-order valence-corrected chi connectivity index (χ2v) is 5.61. The zero-order valence-electron chi connectivity index (χ0n) is 10.8. The maximum atomic E-state index is 11.9. The number of hydrogen-bond acceptors (Lipinski definition) is 4. The molecule has 0 aromatic heterocycles. The normalized spacial score (nSPS) is 24.1. The molecule has 0 radical (unpaired) electrons. The summed E-state index contributed by atoms with van der Waals surface area (Å²) in [6.45, 7) is 8.02. The zero-order chi connectivity index (χ0) is 12.5. The number of piperidine rings is 1. The van der Waals surface area contributed by atoms with E-state index >= 15 is 0 Å². The van der Waals surface area contributed by atoms with E-state index in [9.17, 15) is 4.79 Å². The summed E-state index contributed by atoms with van der Waals surface area (Å²) in [4.78, 5) is 13.6. The highest BCUT2D eigenvalue weighted by Gasteiger charge is 2.42. The fourth-order valence-electron chi connectivity index (χ4n) is 2.20. The van der Waals surface area contributed by atoms with Gasteiger partial charge < -0.3 is 19.1 Å². The van der Waals surface area contributed by atoms with Crippen molar-refractivity contribution < 1.29 is 19.0 Å². The molecule has 2 saturated heterocycles. The Morgan fingerprint density at radius 3 is 2.53 bits per heavy atom. The lowest BCUT2D eigenvalue weighted by molar-refractivity contribution is -0.186. The molecule has 0 aromatic carbocycles. The molecule has 0 aromatic rings. The van der Waals surface area contributed by atoms with Crippen molar-refractivity contribution in [3.63, 3.8) is 0 Å². The van der Waals surface area contributed by atoms with Gasteiger partial charge in [-0.05, 0) is 27.2 Å². The van der Waals surface area contributed by atoms with Crippen LogP contribution in [-0.4, -0.2) is 48.7 Å². The van der Waals surface area contributed by atoms with Crippen LogP contribution in [0.25, 0.3) is 0 Å². The molecule has 17 heavy (non-hydrogen) atoms.